The van der Waals surface area contributed by atoms with Crippen molar-refractivity contribution < 1.29 is 9.90 Å². The van der Waals surface area contributed by atoms with Crippen LogP contribution in [-0.4, -0.2) is 48.1 Å². The molecule has 2 fully saturated rings. The van der Waals surface area contributed by atoms with E-state index in [1.165, 1.54) is 11.3 Å². The van der Waals surface area contributed by atoms with Gasteiger partial charge in [-0.05, 0) is 37.8 Å². The highest BCUT2D eigenvalue weighted by atomic mass is 32.1. The molecular formula is C19H20N4O2S. The molecule has 0 aliphatic carbocycles. The number of fused-ring (bicyclic) bond motifs is 3. The van der Waals surface area contributed by atoms with Crippen LogP contribution < -0.4 is 0 Å². The largest absolute Gasteiger partial charge is 0.388 e. The maximum absolute atomic E-state index is 12.8. The third-order valence-corrected chi connectivity index (χ3v) is 6.36. The zero-order valence-corrected chi connectivity index (χ0v) is 15.1. The van der Waals surface area contributed by atoms with Gasteiger partial charge in [0.05, 0.1) is 29.4 Å². The minimum absolute atomic E-state index is 0.0106. The summed E-state index contributed by atoms with van der Waals surface area (Å²) in [4.78, 5) is 23.1. The van der Waals surface area contributed by atoms with Gasteiger partial charge < -0.3 is 14.6 Å². The lowest BCUT2D eigenvalue weighted by atomic mass is 9.85. The molecule has 0 unspecified atom stereocenters. The summed E-state index contributed by atoms with van der Waals surface area (Å²) >= 11 is 1.44. The van der Waals surface area contributed by atoms with Crippen LogP contribution in [0.2, 0.25) is 0 Å². The molecule has 7 heteroatoms. The van der Waals surface area contributed by atoms with Gasteiger partial charge in [0.25, 0.3) is 5.91 Å². The van der Waals surface area contributed by atoms with Crippen molar-refractivity contribution >= 4 is 28.1 Å². The lowest BCUT2D eigenvalue weighted by Gasteiger charge is -2.43. The van der Waals surface area contributed by atoms with Gasteiger partial charge in [0.15, 0.2) is 0 Å². The van der Waals surface area contributed by atoms with Gasteiger partial charge in [-0.3, -0.25) is 9.78 Å². The molecule has 3 aromatic rings. The third-order valence-electron chi connectivity index (χ3n) is 5.78. The molecule has 2 saturated heterocycles. The number of amides is 1. The van der Waals surface area contributed by atoms with Crippen LogP contribution >= 0.6 is 11.3 Å². The van der Waals surface area contributed by atoms with Gasteiger partial charge in [0.2, 0.25) is 0 Å². The van der Waals surface area contributed by atoms with Gasteiger partial charge in [-0.15, -0.1) is 11.3 Å². The first-order valence-corrected chi connectivity index (χ1v) is 9.89. The van der Waals surface area contributed by atoms with E-state index in [2.05, 4.69) is 20.6 Å². The Labute approximate surface area is 155 Å². The Morgan fingerprint density at radius 3 is 2.85 bits per heavy atom. The van der Waals surface area contributed by atoms with Crippen LogP contribution in [-0.2, 0) is 6.54 Å². The maximum Gasteiger partial charge on any atom is 0.273 e. The van der Waals surface area contributed by atoms with E-state index >= 15 is 0 Å². The molecule has 5 rings (SSSR count). The number of hydrogen-bond donors (Lipinski definition) is 1. The fraction of sp³-hybridized carbons (Fsp3) is 0.421. The van der Waals surface area contributed by atoms with Gasteiger partial charge in [-0.25, -0.2) is 4.98 Å². The molecule has 0 radical (unpaired) electrons. The number of carbonyl (C=O) groups is 1. The van der Waals surface area contributed by atoms with Crippen molar-refractivity contribution in [2.75, 3.05) is 0 Å². The van der Waals surface area contributed by atoms with Gasteiger partial charge in [-0.1, -0.05) is 0 Å². The second-order valence-electron chi connectivity index (χ2n) is 7.48. The van der Waals surface area contributed by atoms with Gasteiger partial charge in [0.1, 0.15) is 5.69 Å². The number of pyridine rings is 1. The zero-order chi connectivity index (χ0) is 17.7. The van der Waals surface area contributed by atoms with Crippen molar-refractivity contribution in [1.82, 2.24) is 19.4 Å². The molecule has 2 aliphatic rings. The minimum atomic E-state index is -0.799. The van der Waals surface area contributed by atoms with Crippen molar-refractivity contribution in [1.29, 1.82) is 0 Å². The lowest BCUT2D eigenvalue weighted by molar-refractivity contribution is -0.0534. The standard InChI is InChI=1S/C19H20N4O2S/c24-18(16-10-26-12-21-16)23-14-1-2-15(23)8-19(25,7-14)11-22-6-4-13-3-5-20-9-17(13)22/h3-6,9-10,12,14-15,25H,1-2,7-8,11H2/t14-,15-/m1/s1. The van der Waals surface area contributed by atoms with Crippen molar-refractivity contribution in [3.63, 3.8) is 0 Å². The average molecular weight is 368 g/mol. The fourth-order valence-corrected chi connectivity index (χ4v) is 5.24. The first-order chi connectivity index (χ1) is 12.6. The number of piperidine rings is 1. The second kappa shape index (κ2) is 5.89. The lowest BCUT2D eigenvalue weighted by Crippen LogP contribution is -2.54. The van der Waals surface area contributed by atoms with Crippen LogP contribution in [0.1, 0.15) is 36.2 Å². The zero-order valence-electron chi connectivity index (χ0n) is 14.3. The van der Waals surface area contributed by atoms with Crippen LogP contribution in [0, 0.1) is 0 Å². The Hall–Kier alpha value is -2.25. The van der Waals surface area contributed by atoms with E-state index < -0.39 is 5.60 Å². The average Bonchev–Trinajstić information content (AvgIpc) is 3.35. The Balaban J connectivity index is 1.39. The van der Waals surface area contributed by atoms with E-state index in [9.17, 15) is 9.90 Å². The summed E-state index contributed by atoms with van der Waals surface area (Å²) in [6.07, 6.45) is 8.77. The SMILES string of the molecule is O=C(c1cscn1)N1[C@@H]2CC[C@@H]1CC(O)(Cn1ccc3ccncc31)C2. The molecule has 2 bridgehead atoms. The summed E-state index contributed by atoms with van der Waals surface area (Å²) in [5, 5.41) is 14.3. The quantitative estimate of drug-likeness (QED) is 0.772. The molecule has 0 aromatic carbocycles. The van der Waals surface area contributed by atoms with Gasteiger partial charge in [-0.2, -0.15) is 0 Å². The smallest absolute Gasteiger partial charge is 0.273 e. The van der Waals surface area contributed by atoms with Crippen LogP contribution in [0.25, 0.3) is 10.9 Å². The molecule has 5 heterocycles. The number of aliphatic hydroxyl groups is 1. The summed E-state index contributed by atoms with van der Waals surface area (Å²) in [6, 6.07) is 4.21. The van der Waals surface area contributed by atoms with Gasteiger partial charge >= 0.3 is 0 Å². The number of thiazole rings is 1. The van der Waals surface area contributed by atoms with Crippen molar-refractivity contribution in [3.8, 4) is 0 Å². The highest BCUT2D eigenvalue weighted by molar-refractivity contribution is 7.07. The predicted molar refractivity (Wildman–Crippen MR) is 99.0 cm³/mol. The molecular weight excluding hydrogens is 348 g/mol. The van der Waals surface area contributed by atoms with Crippen molar-refractivity contribution in [2.24, 2.45) is 0 Å². The number of carbonyl (C=O) groups excluding carboxylic acids is 1. The fourth-order valence-electron chi connectivity index (χ4n) is 4.72. The van der Waals surface area contributed by atoms with E-state index in [4.69, 9.17) is 0 Å². The van der Waals surface area contributed by atoms with Crippen molar-refractivity contribution in [2.45, 2.75) is 49.9 Å². The van der Waals surface area contributed by atoms with Crippen LogP contribution in [0.3, 0.4) is 0 Å². The summed E-state index contributed by atoms with van der Waals surface area (Å²) in [6.45, 7) is 0.536. The molecule has 1 amide bonds. The van der Waals surface area contributed by atoms with Crippen LogP contribution in [0.5, 0.6) is 0 Å². The highest BCUT2D eigenvalue weighted by Crippen LogP contribution is 2.42. The number of aromatic nitrogens is 3. The van der Waals surface area contributed by atoms with E-state index in [-0.39, 0.29) is 18.0 Å². The normalized spacial score (nSPS) is 28.0. The Bertz CT molecular complexity index is 938. The van der Waals surface area contributed by atoms with Crippen molar-refractivity contribution in [3.05, 3.63) is 47.3 Å². The number of rotatable bonds is 3. The van der Waals surface area contributed by atoms with Gasteiger partial charge in [0, 0.05) is 35.2 Å². The topological polar surface area (TPSA) is 71.2 Å². The summed E-state index contributed by atoms with van der Waals surface area (Å²) in [7, 11) is 0. The van der Waals surface area contributed by atoms with Crippen LogP contribution in [0.15, 0.2) is 41.6 Å². The maximum atomic E-state index is 12.8. The monoisotopic (exact) mass is 368 g/mol. The molecule has 6 nitrogen and oxygen atoms in total. The molecule has 2 aliphatic heterocycles. The first kappa shape index (κ1) is 16.0. The highest BCUT2D eigenvalue weighted by Gasteiger charge is 2.49. The Kier molecular flexibility index (Phi) is 3.62. The van der Waals surface area contributed by atoms with E-state index in [0.717, 1.165) is 23.7 Å². The second-order valence-corrected chi connectivity index (χ2v) is 8.20. The van der Waals surface area contributed by atoms with E-state index in [1.54, 1.807) is 11.7 Å². The Morgan fingerprint density at radius 2 is 2.12 bits per heavy atom. The molecule has 134 valence electrons. The first-order valence-electron chi connectivity index (χ1n) is 8.95. The number of hydrogen-bond acceptors (Lipinski definition) is 5. The minimum Gasteiger partial charge on any atom is -0.388 e. The third kappa shape index (κ3) is 2.54. The molecule has 3 aromatic heterocycles. The summed E-state index contributed by atoms with van der Waals surface area (Å²) in [5.74, 6) is 0.0106. The molecule has 26 heavy (non-hydrogen) atoms. The molecule has 2 atom stereocenters. The number of nitrogens with zero attached hydrogens (tertiary/aromatic N) is 4. The summed E-state index contributed by atoms with van der Waals surface area (Å²) < 4.78 is 2.08. The van der Waals surface area contributed by atoms with E-state index in [1.807, 2.05) is 28.7 Å². The summed E-state index contributed by atoms with van der Waals surface area (Å²) in [5.41, 5.74) is 2.46. The molecule has 0 spiro atoms. The predicted octanol–water partition coefficient (Wildman–Crippen LogP) is 2.69. The molecule has 0 saturated carbocycles. The van der Waals surface area contributed by atoms with Crippen LogP contribution in [0.4, 0.5) is 0 Å². The van der Waals surface area contributed by atoms with E-state index in [0.29, 0.717) is 25.1 Å². The Morgan fingerprint density at radius 1 is 1.31 bits per heavy atom. The molecule has 1 N–H and O–H groups in total.